The van der Waals surface area contributed by atoms with Crippen molar-refractivity contribution in [1.29, 1.82) is 0 Å². The Morgan fingerprint density at radius 1 is 1.08 bits per heavy atom. The molecule has 1 amide bonds. The van der Waals surface area contributed by atoms with E-state index in [9.17, 15) is 4.79 Å². The molecule has 0 unspecified atom stereocenters. The Labute approximate surface area is 151 Å². The number of benzene rings is 2. The van der Waals surface area contributed by atoms with Gasteiger partial charge in [0.1, 0.15) is 23.7 Å². The number of nitrogens with zero attached hydrogens (tertiary/aromatic N) is 3. The number of carbonyl (C=O) groups is 1. The molecule has 6 nitrogen and oxygen atoms in total. The summed E-state index contributed by atoms with van der Waals surface area (Å²) in [6.07, 6.45) is 4.10. The predicted octanol–water partition coefficient (Wildman–Crippen LogP) is 3.38. The van der Waals surface area contributed by atoms with E-state index < -0.39 is 0 Å². The van der Waals surface area contributed by atoms with Gasteiger partial charge >= 0.3 is 0 Å². The molecule has 3 aromatic rings. The fourth-order valence-corrected chi connectivity index (χ4v) is 2.78. The van der Waals surface area contributed by atoms with E-state index in [1.54, 1.807) is 30.6 Å². The first-order valence-electron chi connectivity index (χ1n) is 8.78. The van der Waals surface area contributed by atoms with Crippen LogP contribution in [0.1, 0.15) is 34.9 Å². The normalized spacial score (nSPS) is 13.4. The van der Waals surface area contributed by atoms with Gasteiger partial charge in [0, 0.05) is 24.6 Å². The van der Waals surface area contributed by atoms with Gasteiger partial charge in [0.2, 0.25) is 0 Å². The van der Waals surface area contributed by atoms with Crippen molar-refractivity contribution < 1.29 is 9.53 Å². The van der Waals surface area contributed by atoms with Crippen LogP contribution in [0.15, 0.2) is 60.9 Å². The highest BCUT2D eigenvalue weighted by Gasteiger charge is 2.28. The van der Waals surface area contributed by atoms with E-state index >= 15 is 0 Å². The Kier molecular flexibility index (Phi) is 4.64. The fraction of sp³-hybridized carbons (Fsp3) is 0.250. The van der Waals surface area contributed by atoms with Crippen LogP contribution in [0.25, 0.3) is 0 Å². The molecule has 0 aliphatic heterocycles. The van der Waals surface area contributed by atoms with Crippen LogP contribution < -0.4 is 10.1 Å². The zero-order valence-corrected chi connectivity index (χ0v) is 14.3. The van der Waals surface area contributed by atoms with E-state index in [4.69, 9.17) is 4.74 Å². The molecule has 26 heavy (non-hydrogen) atoms. The summed E-state index contributed by atoms with van der Waals surface area (Å²) < 4.78 is 7.76. The van der Waals surface area contributed by atoms with Gasteiger partial charge in [0.05, 0.1) is 0 Å². The van der Waals surface area contributed by atoms with Gasteiger partial charge in [-0.05, 0) is 49.2 Å². The fourth-order valence-electron chi connectivity index (χ4n) is 2.78. The highest BCUT2D eigenvalue weighted by molar-refractivity contribution is 5.94. The van der Waals surface area contributed by atoms with Gasteiger partial charge in [0.15, 0.2) is 0 Å². The summed E-state index contributed by atoms with van der Waals surface area (Å²) in [6.45, 7) is 1.22. The number of ether oxygens (including phenoxy) is 1. The van der Waals surface area contributed by atoms with Crippen molar-refractivity contribution in [2.45, 2.75) is 25.3 Å². The molecular weight excluding hydrogens is 328 g/mol. The lowest BCUT2D eigenvalue weighted by molar-refractivity contribution is 0.0952. The van der Waals surface area contributed by atoms with Crippen LogP contribution in [0.3, 0.4) is 0 Å². The molecule has 1 fully saturated rings. The number of hydrogen-bond acceptors (Lipinski definition) is 4. The SMILES string of the molecule is O=C(NCCn1cnnc1C1CC1)c1ccc(Oc2ccccc2)cc1. The molecule has 1 heterocycles. The van der Waals surface area contributed by atoms with Crippen LogP contribution in [-0.2, 0) is 6.54 Å². The molecule has 132 valence electrons. The maximum Gasteiger partial charge on any atom is 0.251 e. The second-order valence-electron chi connectivity index (χ2n) is 6.35. The molecular formula is C20H20N4O2. The smallest absolute Gasteiger partial charge is 0.251 e. The average Bonchev–Trinajstić information content (AvgIpc) is 3.42. The monoisotopic (exact) mass is 348 g/mol. The zero-order chi connectivity index (χ0) is 17.8. The Bertz CT molecular complexity index is 870. The van der Waals surface area contributed by atoms with Gasteiger partial charge in [-0.15, -0.1) is 10.2 Å². The second-order valence-corrected chi connectivity index (χ2v) is 6.35. The van der Waals surface area contributed by atoms with Crippen LogP contribution in [0.2, 0.25) is 0 Å². The third kappa shape index (κ3) is 3.91. The van der Waals surface area contributed by atoms with Gasteiger partial charge in [-0.3, -0.25) is 4.79 Å². The first-order valence-corrected chi connectivity index (χ1v) is 8.78. The molecule has 0 saturated heterocycles. The lowest BCUT2D eigenvalue weighted by atomic mass is 10.2. The summed E-state index contributed by atoms with van der Waals surface area (Å²) in [5, 5.41) is 11.1. The van der Waals surface area contributed by atoms with Crippen LogP contribution >= 0.6 is 0 Å². The van der Waals surface area contributed by atoms with E-state index in [2.05, 4.69) is 15.5 Å². The number of para-hydroxylation sites is 1. The Morgan fingerprint density at radius 3 is 2.54 bits per heavy atom. The summed E-state index contributed by atoms with van der Waals surface area (Å²) in [5.41, 5.74) is 0.608. The van der Waals surface area contributed by atoms with Gasteiger partial charge in [-0.25, -0.2) is 0 Å². The minimum atomic E-state index is -0.0997. The van der Waals surface area contributed by atoms with E-state index in [-0.39, 0.29) is 5.91 Å². The van der Waals surface area contributed by atoms with E-state index in [0.717, 1.165) is 11.6 Å². The van der Waals surface area contributed by atoms with Crippen LogP contribution in [0, 0.1) is 0 Å². The molecule has 0 radical (unpaired) electrons. The van der Waals surface area contributed by atoms with Crippen molar-refractivity contribution in [3.63, 3.8) is 0 Å². The van der Waals surface area contributed by atoms with Crippen molar-refractivity contribution >= 4 is 5.91 Å². The molecule has 1 N–H and O–H groups in total. The van der Waals surface area contributed by atoms with Crippen molar-refractivity contribution in [1.82, 2.24) is 20.1 Å². The molecule has 2 aromatic carbocycles. The first kappa shape index (κ1) is 16.3. The van der Waals surface area contributed by atoms with Gasteiger partial charge < -0.3 is 14.6 Å². The molecule has 1 aliphatic carbocycles. The lowest BCUT2D eigenvalue weighted by Crippen LogP contribution is -2.27. The quantitative estimate of drug-likeness (QED) is 0.711. The summed E-state index contributed by atoms with van der Waals surface area (Å²) in [6, 6.07) is 16.7. The third-order valence-corrected chi connectivity index (χ3v) is 4.32. The molecule has 1 saturated carbocycles. The maximum absolute atomic E-state index is 12.3. The van der Waals surface area contributed by atoms with Crippen molar-refractivity contribution in [3.8, 4) is 11.5 Å². The van der Waals surface area contributed by atoms with E-state index in [1.807, 2.05) is 34.9 Å². The summed E-state index contributed by atoms with van der Waals surface area (Å²) in [4.78, 5) is 12.3. The highest BCUT2D eigenvalue weighted by Crippen LogP contribution is 2.38. The molecule has 4 rings (SSSR count). The third-order valence-electron chi connectivity index (χ3n) is 4.32. The number of carbonyl (C=O) groups excluding carboxylic acids is 1. The van der Waals surface area contributed by atoms with E-state index in [1.165, 1.54) is 12.8 Å². The maximum atomic E-state index is 12.3. The average molecular weight is 348 g/mol. The number of rotatable bonds is 7. The zero-order valence-electron chi connectivity index (χ0n) is 14.3. The van der Waals surface area contributed by atoms with Crippen molar-refractivity contribution in [2.24, 2.45) is 0 Å². The molecule has 1 aliphatic rings. The van der Waals surface area contributed by atoms with Gasteiger partial charge in [-0.1, -0.05) is 18.2 Å². The molecule has 1 aromatic heterocycles. The van der Waals surface area contributed by atoms with Crippen LogP contribution in [0.5, 0.6) is 11.5 Å². The van der Waals surface area contributed by atoms with Crippen molar-refractivity contribution in [3.05, 3.63) is 72.3 Å². The Balaban J connectivity index is 1.29. The number of nitrogens with one attached hydrogen (secondary N) is 1. The molecule has 0 spiro atoms. The molecule has 0 bridgehead atoms. The topological polar surface area (TPSA) is 69.0 Å². The predicted molar refractivity (Wildman–Crippen MR) is 97.3 cm³/mol. The molecule has 6 heteroatoms. The lowest BCUT2D eigenvalue weighted by Gasteiger charge is -2.09. The van der Waals surface area contributed by atoms with Crippen LogP contribution in [-0.4, -0.2) is 27.2 Å². The van der Waals surface area contributed by atoms with Gasteiger partial charge in [-0.2, -0.15) is 0 Å². The number of aromatic nitrogens is 3. The summed E-state index contributed by atoms with van der Waals surface area (Å²) in [5.74, 6) is 2.95. The number of amides is 1. The van der Waals surface area contributed by atoms with Crippen molar-refractivity contribution in [2.75, 3.05) is 6.54 Å². The Morgan fingerprint density at radius 2 is 1.81 bits per heavy atom. The second kappa shape index (κ2) is 7.39. The minimum absolute atomic E-state index is 0.0997. The standard InChI is InChI=1S/C20H20N4O2/c25-20(21-12-13-24-14-22-23-19(24)15-6-7-15)16-8-10-18(11-9-16)26-17-4-2-1-3-5-17/h1-5,8-11,14-15H,6-7,12-13H2,(H,21,25). The number of hydrogen-bond donors (Lipinski definition) is 1. The van der Waals surface area contributed by atoms with Gasteiger partial charge in [0.25, 0.3) is 5.91 Å². The summed E-state index contributed by atoms with van der Waals surface area (Å²) >= 11 is 0. The van der Waals surface area contributed by atoms with Crippen LogP contribution in [0.4, 0.5) is 0 Å². The highest BCUT2D eigenvalue weighted by atomic mass is 16.5. The van der Waals surface area contributed by atoms with E-state index in [0.29, 0.717) is 30.3 Å². The summed E-state index contributed by atoms with van der Waals surface area (Å²) in [7, 11) is 0. The minimum Gasteiger partial charge on any atom is -0.457 e. The largest absolute Gasteiger partial charge is 0.457 e. The molecule has 0 atom stereocenters. The Hall–Kier alpha value is -3.15. The first-order chi connectivity index (χ1) is 12.8.